The average molecular weight is 376 g/mol. The van der Waals surface area contributed by atoms with Crippen LogP contribution in [0.1, 0.15) is 20.7 Å². The lowest BCUT2D eigenvalue weighted by Crippen LogP contribution is -2.25. The number of aromatic nitrogens is 1. The Hall–Kier alpha value is -3.57. The highest BCUT2D eigenvalue weighted by molar-refractivity contribution is 6.08. The first-order valence-corrected chi connectivity index (χ1v) is 6.51. The van der Waals surface area contributed by atoms with Crippen LogP contribution in [0.5, 0.6) is 5.75 Å². The molecular weight excluding hydrogens is 368 g/mol. The van der Waals surface area contributed by atoms with E-state index in [0.29, 0.717) is 12.1 Å². The van der Waals surface area contributed by atoms with Crippen LogP contribution < -0.4 is 16.0 Å². The van der Waals surface area contributed by atoms with Crippen molar-refractivity contribution in [2.45, 2.75) is 6.36 Å². The number of halogens is 4. The summed E-state index contributed by atoms with van der Waals surface area (Å²) in [5, 5.41) is 18.4. The van der Waals surface area contributed by atoms with Gasteiger partial charge in [0.1, 0.15) is 28.5 Å². The summed E-state index contributed by atoms with van der Waals surface area (Å²) >= 11 is 0. The number of benzene rings is 1. The first kappa shape index (κ1) is 18.8. The fraction of sp³-hybridized carbons (Fsp3) is 0.0714. The van der Waals surface area contributed by atoms with Crippen molar-refractivity contribution in [2.24, 2.45) is 0 Å². The van der Waals surface area contributed by atoms with Gasteiger partial charge in [0.05, 0.1) is 5.56 Å². The standard InChI is InChI=1S/C14H8F4N2O6/c15-4-2-1-3-5(26-14(16,17)18)6(4)7-8(12(22)23)10(19)20-11(21)9(7)13(24)25/h1-3H,(H,22,23)(H,24,25)(H3,19,20,21). The lowest BCUT2D eigenvalue weighted by Gasteiger charge is -2.17. The Kier molecular flexibility index (Phi) is 4.61. The number of alkyl halides is 3. The second-order valence-corrected chi connectivity index (χ2v) is 4.76. The highest BCUT2D eigenvalue weighted by Crippen LogP contribution is 2.39. The summed E-state index contributed by atoms with van der Waals surface area (Å²) < 4.78 is 55.6. The topological polar surface area (TPSA) is 143 Å². The van der Waals surface area contributed by atoms with Crippen LogP contribution in [0.2, 0.25) is 0 Å². The van der Waals surface area contributed by atoms with Gasteiger partial charge in [-0.15, -0.1) is 13.2 Å². The number of carboxylic acid groups (broad SMARTS) is 2. The van der Waals surface area contributed by atoms with Crippen LogP contribution in [0.4, 0.5) is 23.4 Å². The molecule has 0 radical (unpaired) electrons. The number of pyridine rings is 1. The third-order valence-electron chi connectivity index (χ3n) is 3.12. The van der Waals surface area contributed by atoms with Gasteiger partial charge in [-0.3, -0.25) is 4.79 Å². The number of hydrogen-bond donors (Lipinski definition) is 4. The van der Waals surface area contributed by atoms with Gasteiger partial charge in [-0.25, -0.2) is 14.0 Å². The van der Waals surface area contributed by atoms with Gasteiger partial charge in [0.15, 0.2) is 0 Å². The molecule has 0 aliphatic carbocycles. The van der Waals surface area contributed by atoms with Gasteiger partial charge in [-0.1, -0.05) is 6.07 Å². The Morgan fingerprint density at radius 2 is 1.65 bits per heavy atom. The minimum atomic E-state index is -5.30. The number of hydrogen-bond acceptors (Lipinski definition) is 5. The summed E-state index contributed by atoms with van der Waals surface area (Å²) in [6.45, 7) is 0. The van der Waals surface area contributed by atoms with Crippen molar-refractivity contribution < 1.29 is 42.1 Å². The number of carbonyl (C=O) groups is 2. The number of nitrogens with two attached hydrogens (primary N) is 1. The average Bonchev–Trinajstić information content (AvgIpc) is 2.43. The summed E-state index contributed by atoms with van der Waals surface area (Å²) in [6.07, 6.45) is -5.30. The fourth-order valence-electron chi connectivity index (χ4n) is 2.25. The van der Waals surface area contributed by atoms with E-state index in [1.807, 2.05) is 0 Å². The van der Waals surface area contributed by atoms with E-state index in [-0.39, 0.29) is 0 Å². The van der Waals surface area contributed by atoms with E-state index in [1.54, 1.807) is 4.98 Å². The lowest BCUT2D eigenvalue weighted by molar-refractivity contribution is -0.274. The van der Waals surface area contributed by atoms with Crippen molar-refractivity contribution in [3.63, 3.8) is 0 Å². The SMILES string of the molecule is Nc1[nH]c(=O)c(C(=O)O)c(-c2c(F)cccc2OC(F)(F)F)c1C(=O)O. The molecule has 0 aliphatic heterocycles. The van der Waals surface area contributed by atoms with E-state index in [0.717, 1.165) is 6.07 Å². The molecule has 0 saturated heterocycles. The molecule has 1 aromatic carbocycles. The zero-order valence-electron chi connectivity index (χ0n) is 12.3. The molecular formula is C14H8F4N2O6. The lowest BCUT2D eigenvalue weighted by atomic mass is 9.94. The van der Waals surface area contributed by atoms with Gasteiger partial charge in [-0.05, 0) is 12.1 Å². The first-order chi connectivity index (χ1) is 11.9. The third-order valence-corrected chi connectivity index (χ3v) is 3.12. The van der Waals surface area contributed by atoms with Crippen LogP contribution >= 0.6 is 0 Å². The third kappa shape index (κ3) is 3.43. The van der Waals surface area contributed by atoms with E-state index < -0.39 is 63.5 Å². The molecule has 5 N–H and O–H groups in total. The summed E-state index contributed by atoms with van der Waals surface area (Å²) in [5.74, 6) is -7.49. The number of rotatable bonds is 4. The van der Waals surface area contributed by atoms with E-state index in [4.69, 9.17) is 5.73 Å². The monoisotopic (exact) mass is 376 g/mol. The highest BCUT2D eigenvalue weighted by Gasteiger charge is 2.36. The maximum absolute atomic E-state index is 14.3. The molecule has 2 rings (SSSR count). The van der Waals surface area contributed by atoms with Gasteiger partial charge in [0, 0.05) is 5.56 Å². The van der Waals surface area contributed by atoms with Crippen LogP contribution in [-0.4, -0.2) is 33.5 Å². The Bertz CT molecular complexity index is 967. The van der Waals surface area contributed by atoms with E-state index in [9.17, 15) is 42.2 Å². The Labute approximate surface area is 140 Å². The molecule has 138 valence electrons. The van der Waals surface area contributed by atoms with Gasteiger partial charge >= 0.3 is 18.3 Å². The number of aromatic amines is 1. The van der Waals surface area contributed by atoms with E-state index >= 15 is 0 Å². The maximum Gasteiger partial charge on any atom is 0.573 e. The Morgan fingerprint density at radius 3 is 2.15 bits per heavy atom. The fourth-order valence-corrected chi connectivity index (χ4v) is 2.25. The predicted molar refractivity (Wildman–Crippen MR) is 77.5 cm³/mol. The van der Waals surface area contributed by atoms with Crippen molar-refractivity contribution in [3.05, 3.63) is 45.5 Å². The second kappa shape index (κ2) is 6.38. The number of carboxylic acids is 2. The van der Waals surface area contributed by atoms with Gasteiger partial charge in [-0.2, -0.15) is 0 Å². The molecule has 2 aromatic rings. The molecule has 0 unspecified atom stereocenters. The highest BCUT2D eigenvalue weighted by atomic mass is 19.4. The molecule has 1 heterocycles. The number of nitrogens with one attached hydrogen (secondary N) is 1. The molecule has 0 amide bonds. The normalized spacial score (nSPS) is 11.2. The van der Waals surface area contributed by atoms with Crippen LogP contribution in [0.3, 0.4) is 0 Å². The summed E-state index contributed by atoms with van der Waals surface area (Å²) in [7, 11) is 0. The zero-order chi connectivity index (χ0) is 19.8. The van der Waals surface area contributed by atoms with Crippen LogP contribution in [0.25, 0.3) is 11.1 Å². The smallest absolute Gasteiger partial charge is 0.478 e. The van der Waals surface area contributed by atoms with Crippen molar-refractivity contribution in [1.82, 2.24) is 4.98 Å². The van der Waals surface area contributed by atoms with Crippen LogP contribution in [0.15, 0.2) is 23.0 Å². The number of H-pyrrole nitrogens is 1. The molecule has 0 aliphatic rings. The Balaban J connectivity index is 3.04. The predicted octanol–water partition coefficient (Wildman–Crippen LogP) is 2.06. The maximum atomic E-state index is 14.3. The molecule has 1 aromatic heterocycles. The minimum absolute atomic E-state index is 0.626. The van der Waals surface area contributed by atoms with Gasteiger partial charge in [0.25, 0.3) is 5.56 Å². The van der Waals surface area contributed by atoms with Crippen molar-refractivity contribution >= 4 is 17.8 Å². The van der Waals surface area contributed by atoms with Crippen molar-refractivity contribution in [3.8, 4) is 16.9 Å². The largest absolute Gasteiger partial charge is 0.573 e. The quantitative estimate of drug-likeness (QED) is 0.598. The molecule has 0 bridgehead atoms. The number of aromatic carboxylic acids is 2. The molecule has 0 spiro atoms. The number of ether oxygens (including phenoxy) is 1. The molecule has 0 saturated carbocycles. The summed E-state index contributed by atoms with van der Waals surface area (Å²) in [5.41, 5.74) is -0.834. The zero-order valence-corrected chi connectivity index (χ0v) is 12.3. The van der Waals surface area contributed by atoms with Crippen molar-refractivity contribution in [2.75, 3.05) is 5.73 Å². The van der Waals surface area contributed by atoms with E-state index in [2.05, 4.69) is 4.74 Å². The summed E-state index contributed by atoms with van der Waals surface area (Å²) in [6, 6.07) is 2.07. The van der Waals surface area contributed by atoms with E-state index in [1.165, 1.54) is 0 Å². The van der Waals surface area contributed by atoms with Gasteiger partial charge < -0.3 is 25.7 Å². The molecule has 26 heavy (non-hydrogen) atoms. The first-order valence-electron chi connectivity index (χ1n) is 6.51. The van der Waals surface area contributed by atoms with Gasteiger partial charge in [0.2, 0.25) is 0 Å². The second-order valence-electron chi connectivity index (χ2n) is 4.76. The van der Waals surface area contributed by atoms with Crippen molar-refractivity contribution in [1.29, 1.82) is 0 Å². The molecule has 12 heteroatoms. The number of nitrogen functional groups attached to an aromatic ring is 1. The summed E-state index contributed by atoms with van der Waals surface area (Å²) in [4.78, 5) is 36.4. The molecule has 0 fully saturated rings. The van der Waals surface area contributed by atoms with Crippen LogP contribution in [0, 0.1) is 5.82 Å². The minimum Gasteiger partial charge on any atom is -0.478 e. The molecule has 0 atom stereocenters. The Morgan fingerprint density at radius 1 is 1.08 bits per heavy atom. The molecule has 8 nitrogen and oxygen atoms in total. The number of anilines is 1. The van der Waals surface area contributed by atoms with Crippen LogP contribution in [-0.2, 0) is 0 Å².